The molecule has 0 bridgehead atoms. The van der Waals surface area contributed by atoms with E-state index in [1.807, 2.05) is 13.8 Å². The zero-order chi connectivity index (χ0) is 10.3. The van der Waals surface area contributed by atoms with Gasteiger partial charge in [0.1, 0.15) is 5.84 Å². The number of nitrogens with zero attached hydrogens (tertiary/aromatic N) is 1. The van der Waals surface area contributed by atoms with Gasteiger partial charge in [-0.1, -0.05) is 18.5 Å². The van der Waals surface area contributed by atoms with Gasteiger partial charge in [0.05, 0.1) is 6.42 Å². The third kappa shape index (κ3) is 5.95. The summed E-state index contributed by atoms with van der Waals surface area (Å²) in [4.78, 5) is 11.1. The fourth-order valence-electron chi connectivity index (χ4n) is 1.03. The van der Waals surface area contributed by atoms with Gasteiger partial charge < -0.3 is 16.3 Å². The minimum Gasteiger partial charge on any atom is -0.409 e. The number of carbonyl (C=O) groups is 1. The Morgan fingerprint density at radius 2 is 2.31 bits per heavy atom. The van der Waals surface area contributed by atoms with Crippen molar-refractivity contribution in [1.82, 2.24) is 5.32 Å². The minimum absolute atomic E-state index is 0.0510. The molecule has 0 fully saturated rings. The van der Waals surface area contributed by atoms with E-state index >= 15 is 0 Å². The van der Waals surface area contributed by atoms with Gasteiger partial charge in [-0.2, -0.15) is 0 Å². The molecule has 0 aromatic heterocycles. The molecule has 0 heterocycles. The van der Waals surface area contributed by atoms with Crippen LogP contribution in [0.5, 0.6) is 0 Å². The molecular formula is C8H17N3O2. The van der Waals surface area contributed by atoms with Crippen molar-refractivity contribution < 1.29 is 10.0 Å². The van der Waals surface area contributed by atoms with E-state index in [9.17, 15) is 4.79 Å². The molecule has 13 heavy (non-hydrogen) atoms. The van der Waals surface area contributed by atoms with Gasteiger partial charge >= 0.3 is 0 Å². The van der Waals surface area contributed by atoms with Crippen LogP contribution in [0.1, 0.15) is 33.1 Å². The van der Waals surface area contributed by atoms with E-state index in [2.05, 4.69) is 10.5 Å². The van der Waals surface area contributed by atoms with E-state index in [4.69, 9.17) is 10.9 Å². The average Bonchev–Trinajstić information content (AvgIpc) is 2.04. The predicted octanol–water partition coefficient (Wildman–Crippen LogP) is 0.428. The van der Waals surface area contributed by atoms with Crippen molar-refractivity contribution in [3.05, 3.63) is 0 Å². The van der Waals surface area contributed by atoms with Crippen LogP contribution in [0.15, 0.2) is 5.16 Å². The van der Waals surface area contributed by atoms with Crippen molar-refractivity contribution in [1.29, 1.82) is 0 Å². The highest BCUT2D eigenvalue weighted by atomic mass is 16.4. The van der Waals surface area contributed by atoms with Crippen LogP contribution in [-0.4, -0.2) is 23.0 Å². The number of hydrogen-bond donors (Lipinski definition) is 3. The highest BCUT2D eigenvalue weighted by Crippen LogP contribution is 1.95. The van der Waals surface area contributed by atoms with Crippen LogP contribution >= 0.6 is 0 Å². The summed E-state index contributed by atoms with van der Waals surface area (Å²) in [7, 11) is 0. The van der Waals surface area contributed by atoms with Gasteiger partial charge in [-0.15, -0.1) is 0 Å². The van der Waals surface area contributed by atoms with E-state index in [0.717, 1.165) is 12.8 Å². The summed E-state index contributed by atoms with van der Waals surface area (Å²) in [6.07, 6.45) is 1.90. The molecule has 1 unspecified atom stereocenters. The number of carbonyl (C=O) groups excluding carboxylic acids is 1. The summed E-state index contributed by atoms with van der Waals surface area (Å²) >= 11 is 0. The largest absolute Gasteiger partial charge is 0.409 e. The molecule has 4 N–H and O–H groups in total. The summed E-state index contributed by atoms with van der Waals surface area (Å²) in [6.45, 7) is 3.97. The lowest BCUT2D eigenvalue weighted by Gasteiger charge is -2.11. The molecule has 0 aliphatic rings. The summed E-state index contributed by atoms with van der Waals surface area (Å²) < 4.78 is 0. The Morgan fingerprint density at radius 3 is 2.77 bits per heavy atom. The minimum atomic E-state index is -0.212. The molecule has 1 amide bonds. The zero-order valence-corrected chi connectivity index (χ0v) is 8.08. The SMILES string of the molecule is CCCC(C)NC(=O)C/C(N)=N/O. The highest BCUT2D eigenvalue weighted by Gasteiger charge is 2.07. The Kier molecular flexibility index (Phi) is 5.67. The Bertz CT molecular complexity index is 192. The van der Waals surface area contributed by atoms with Gasteiger partial charge in [-0.3, -0.25) is 4.79 Å². The first-order valence-electron chi connectivity index (χ1n) is 4.35. The molecule has 0 saturated heterocycles. The van der Waals surface area contributed by atoms with Crippen molar-refractivity contribution >= 4 is 11.7 Å². The lowest BCUT2D eigenvalue weighted by molar-refractivity contribution is -0.120. The molecule has 0 saturated carbocycles. The molecule has 5 nitrogen and oxygen atoms in total. The summed E-state index contributed by atoms with van der Waals surface area (Å²) in [5.74, 6) is -0.280. The molecule has 0 aliphatic carbocycles. The monoisotopic (exact) mass is 187 g/mol. The Hall–Kier alpha value is -1.26. The average molecular weight is 187 g/mol. The topological polar surface area (TPSA) is 87.7 Å². The number of rotatable bonds is 5. The molecule has 0 rings (SSSR count). The maximum absolute atomic E-state index is 11.1. The van der Waals surface area contributed by atoms with Crippen molar-refractivity contribution in [2.24, 2.45) is 10.9 Å². The number of nitrogens with two attached hydrogens (primary N) is 1. The third-order valence-electron chi connectivity index (χ3n) is 1.60. The normalized spacial score (nSPS) is 13.8. The first-order chi connectivity index (χ1) is 6.10. The molecule has 0 aromatic rings. The molecule has 1 atom stereocenters. The molecule has 76 valence electrons. The van der Waals surface area contributed by atoms with Crippen LogP contribution in [-0.2, 0) is 4.79 Å². The number of amidine groups is 1. The van der Waals surface area contributed by atoms with Gasteiger partial charge in [0.2, 0.25) is 5.91 Å². The molecule has 5 heteroatoms. The molecular weight excluding hydrogens is 170 g/mol. The number of hydrogen-bond acceptors (Lipinski definition) is 3. The van der Waals surface area contributed by atoms with E-state index in [0.29, 0.717) is 0 Å². The van der Waals surface area contributed by atoms with Crippen LogP contribution in [0.2, 0.25) is 0 Å². The second-order valence-corrected chi connectivity index (χ2v) is 3.03. The fraction of sp³-hybridized carbons (Fsp3) is 0.750. The van der Waals surface area contributed by atoms with Crippen LogP contribution < -0.4 is 11.1 Å². The van der Waals surface area contributed by atoms with E-state index in [1.165, 1.54) is 0 Å². The van der Waals surface area contributed by atoms with Crippen LogP contribution in [0, 0.1) is 0 Å². The summed E-state index contributed by atoms with van der Waals surface area (Å²) in [5, 5.41) is 13.7. The van der Waals surface area contributed by atoms with Crippen molar-refractivity contribution in [2.75, 3.05) is 0 Å². The maximum atomic E-state index is 11.1. The lowest BCUT2D eigenvalue weighted by Crippen LogP contribution is -2.35. The van der Waals surface area contributed by atoms with E-state index in [-0.39, 0.29) is 24.2 Å². The zero-order valence-electron chi connectivity index (χ0n) is 8.08. The van der Waals surface area contributed by atoms with Crippen molar-refractivity contribution in [3.63, 3.8) is 0 Å². The van der Waals surface area contributed by atoms with Crippen LogP contribution in [0.4, 0.5) is 0 Å². The van der Waals surface area contributed by atoms with Gasteiger partial charge in [0.25, 0.3) is 0 Å². The molecule has 0 aromatic carbocycles. The van der Waals surface area contributed by atoms with Crippen molar-refractivity contribution in [2.45, 2.75) is 39.2 Å². The van der Waals surface area contributed by atoms with Gasteiger partial charge in [0, 0.05) is 6.04 Å². The summed E-state index contributed by atoms with van der Waals surface area (Å²) in [6, 6.07) is 0.143. The van der Waals surface area contributed by atoms with Crippen LogP contribution in [0.3, 0.4) is 0 Å². The first-order valence-corrected chi connectivity index (χ1v) is 4.35. The number of nitrogens with one attached hydrogen (secondary N) is 1. The molecule has 0 aliphatic heterocycles. The number of oxime groups is 1. The molecule has 0 radical (unpaired) electrons. The number of amides is 1. The van der Waals surface area contributed by atoms with Crippen molar-refractivity contribution in [3.8, 4) is 0 Å². The summed E-state index contributed by atoms with van der Waals surface area (Å²) in [5.41, 5.74) is 5.16. The van der Waals surface area contributed by atoms with E-state index < -0.39 is 0 Å². The highest BCUT2D eigenvalue weighted by molar-refractivity contribution is 5.98. The third-order valence-corrected chi connectivity index (χ3v) is 1.60. The van der Waals surface area contributed by atoms with Gasteiger partial charge in [0.15, 0.2) is 0 Å². The van der Waals surface area contributed by atoms with Crippen LogP contribution in [0.25, 0.3) is 0 Å². The first kappa shape index (κ1) is 11.7. The quantitative estimate of drug-likeness (QED) is 0.252. The Balaban J connectivity index is 3.74. The lowest BCUT2D eigenvalue weighted by atomic mass is 10.2. The fourth-order valence-corrected chi connectivity index (χ4v) is 1.03. The second kappa shape index (κ2) is 6.28. The molecule has 0 spiro atoms. The Morgan fingerprint density at radius 1 is 1.69 bits per heavy atom. The van der Waals surface area contributed by atoms with Gasteiger partial charge in [-0.05, 0) is 13.3 Å². The van der Waals surface area contributed by atoms with Gasteiger partial charge in [-0.25, -0.2) is 0 Å². The predicted molar refractivity (Wildman–Crippen MR) is 50.5 cm³/mol. The second-order valence-electron chi connectivity index (χ2n) is 3.03. The smallest absolute Gasteiger partial charge is 0.227 e. The maximum Gasteiger partial charge on any atom is 0.227 e. The Labute approximate surface area is 78.0 Å². The standard InChI is InChI=1S/C8H17N3O2/c1-3-4-6(2)10-8(12)5-7(9)11-13/h6,13H,3-5H2,1-2H3,(H2,9,11)(H,10,12). The van der Waals surface area contributed by atoms with E-state index in [1.54, 1.807) is 0 Å².